The number of benzene rings is 2. The summed E-state index contributed by atoms with van der Waals surface area (Å²) in [5.74, 6) is -1.84. The number of hydrogen-bond acceptors (Lipinski definition) is 7. The second kappa shape index (κ2) is 12.3. The molecule has 220 valence electrons. The molecule has 3 N–H and O–H groups in total. The first-order chi connectivity index (χ1) is 19.3. The van der Waals surface area contributed by atoms with Crippen LogP contribution in [0.5, 0.6) is 5.75 Å². The molecule has 2 aromatic carbocycles. The van der Waals surface area contributed by atoms with Crippen LogP contribution in [-0.2, 0) is 27.9 Å². The molecule has 0 aliphatic carbocycles. The van der Waals surface area contributed by atoms with E-state index >= 15 is 0 Å². The van der Waals surface area contributed by atoms with Crippen LogP contribution in [0.15, 0.2) is 58.8 Å². The molecule has 0 aliphatic rings. The van der Waals surface area contributed by atoms with Crippen LogP contribution in [-0.4, -0.2) is 55.4 Å². The molecule has 0 radical (unpaired) electrons. The van der Waals surface area contributed by atoms with Crippen molar-refractivity contribution in [2.75, 3.05) is 24.9 Å². The van der Waals surface area contributed by atoms with Gasteiger partial charge < -0.3 is 15.4 Å². The van der Waals surface area contributed by atoms with Gasteiger partial charge in [-0.3, -0.25) is 14.2 Å². The van der Waals surface area contributed by atoms with Crippen molar-refractivity contribution in [3.05, 3.63) is 70.1 Å². The summed E-state index contributed by atoms with van der Waals surface area (Å²) in [5, 5.41) is 4.93. The van der Waals surface area contributed by atoms with Crippen molar-refractivity contribution in [3.8, 4) is 5.75 Å². The van der Waals surface area contributed by atoms with Crippen molar-refractivity contribution < 1.29 is 31.1 Å². The minimum absolute atomic E-state index is 0.00899. The number of nitrogens with zero attached hydrogens (tertiary/aromatic N) is 3. The lowest BCUT2D eigenvalue weighted by Crippen LogP contribution is -2.43. The van der Waals surface area contributed by atoms with E-state index in [1.165, 1.54) is 19.2 Å². The van der Waals surface area contributed by atoms with Gasteiger partial charge in [0.15, 0.2) is 5.82 Å². The number of thiophene rings is 1. The third-order valence-electron chi connectivity index (χ3n) is 6.17. The maximum Gasteiger partial charge on any atom is 0.471 e. The number of sulfonamides is 1. The number of alkyl halides is 3. The normalized spacial score (nSPS) is 12.9. The standard InChI is InChI=1S/C26H27ClF3N5O4S2/c1-16(12-31)13-34(25(36)26(28,29)30)14-17-5-3-6-18(11-17)15-35-19-7-4-8-20(39-2)23(19)24(32-35)33-41(37,38)22-10-9-21(27)40-22/h3-11,16H,12-15,31H2,1-2H3,(H,32,33). The third-order valence-corrected chi connectivity index (χ3v) is 9.23. The number of carbonyl (C=O) groups excluding carboxylic acids is 1. The van der Waals surface area contributed by atoms with E-state index in [2.05, 4.69) is 9.82 Å². The van der Waals surface area contributed by atoms with Gasteiger partial charge >= 0.3 is 12.1 Å². The lowest BCUT2D eigenvalue weighted by Gasteiger charge is -2.26. The van der Waals surface area contributed by atoms with E-state index in [1.54, 1.807) is 54.1 Å². The number of nitrogens with two attached hydrogens (primary N) is 1. The Morgan fingerprint density at radius 1 is 1.20 bits per heavy atom. The molecule has 4 rings (SSSR count). The zero-order valence-electron chi connectivity index (χ0n) is 22.0. The Bertz CT molecular complexity index is 1660. The van der Waals surface area contributed by atoms with Gasteiger partial charge in [0, 0.05) is 13.1 Å². The summed E-state index contributed by atoms with van der Waals surface area (Å²) in [5.41, 5.74) is 7.29. The van der Waals surface area contributed by atoms with E-state index in [9.17, 15) is 26.4 Å². The number of ether oxygens (including phenoxy) is 1. The Hall–Kier alpha value is -3.33. The van der Waals surface area contributed by atoms with Crippen LogP contribution in [0.3, 0.4) is 0 Å². The Morgan fingerprint density at radius 2 is 1.90 bits per heavy atom. The molecule has 2 heterocycles. The number of fused-ring (bicyclic) bond motifs is 1. The first-order valence-corrected chi connectivity index (χ1v) is 15.0. The predicted octanol–water partition coefficient (Wildman–Crippen LogP) is 5.09. The van der Waals surface area contributed by atoms with E-state index in [0.717, 1.165) is 16.2 Å². The summed E-state index contributed by atoms with van der Waals surface area (Å²) in [7, 11) is -2.56. The van der Waals surface area contributed by atoms with Gasteiger partial charge in [-0.15, -0.1) is 11.3 Å². The summed E-state index contributed by atoms with van der Waals surface area (Å²) >= 11 is 6.82. The van der Waals surface area contributed by atoms with Gasteiger partial charge in [0.2, 0.25) is 0 Å². The molecule has 9 nitrogen and oxygen atoms in total. The Kier molecular flexibility index (Phi) is 9.16. The van der Waals surface area contributed by atoms with E-state index < -0.39 is 22.1 Å². The molecule has 0 aliphatic heterocycles. The largest absolute Gasteiger partial charge is 0.496 e. The smallest absolute Gasteiger partial charge is 0.471 e. The van der Waals surface area contributed by atoms with Crippen LogP contribution >= 0.6 is 22.9 Å². The van der Waals surface area contributed by atoms with Gasteiger partial charge in [-0.1, -0.05) is 48.9 Å². The number of nitrogens with one attached hydrogen (secondary N) is 1. The molecular weight excluding hydrogens is 603 g/mol. The van der Waals surface area contributed by atoms with Gasteiger partial charge in [-0.2, -0.15) is 18.3 Å². The van der Waals surface area contributed by atoms with Crippen molar-refractivity contribution >= 4 is 55.6 Å². The highest BCUT2D eigenvalue weighted by atomic mass is 35.5. The third kappa shape index (κ3) is 7.12. The van der Waals surface area contributed by atoms with Crippen molar-refractivity contribution in [2.45, 2.75) is 30.4 Å². The van der Waals surface area contributed by atoms with Gasteiger partial charge in [0.05, 0.1) is 28.9 Å². The van der Waals surface area contributed by atoms with Crippen molar-refractivity contribution in [2.24, 2.45) is 11.7 Å². The predicted molar refractivity (Wildman–Crippen MR) is 152 cm³/mol. The van der Waals surface area contributed by atoms with Crippen molar-refractivity contribution in [3.63, 3.8) is 0 Å². The van der Waals surface area contributed by atoms with Gasteiger partial charge in [0.1, 0.15) is 9.96 Å². The minimum atomic E-state index is -5.02. The molecule has 4 aromatic rings. The fraction of sp³-hybridized carbons (Fsp3) is 0.308. The maximum absolute atomic E-state index is 13.3. The van der Waals surface area contributed by atoms with E-state index in [1.807, 2.05) is 0 Å². The maximum atomic E-state index is 13.3. The average molecular weight is 630 g/mol. The molecule has 0 saturated heterocycles. The van der Waals surface area contributed by atoms with Crippen LogP contribution < -0.4 is 15.2 Å². The monoisotopic (exact) mass is 629 g/mol. The fourth-order valence-electron chi connectivity index (χ4n) is 4.25. The van der Waals surface area contributed by atoms with E-state index in [0.29, 0.717) is 32.1 Å². The average Bonchev–Trinajstić information content (AvgIpc) is 3.51. The molecule has 0 bridgehead atoms. The Balaban J connectivity index is 1.66. The van der Waals surface area contributed by atoms with Crippen LogP contribution in [0.4, 0.5) is 19.0 Å². The lowest BCUT2D eigenvalue weighted by molar-refractivity contribution is -0.186. The van der Waals surface area contributed by atoms with Crippen LogP contribution in [0.25, 0.3) is 10.9 Å². The number of halogens is 4. The number of methoxy groups -OCH3 is 1. The SMILES string of the molecule is COc1cccc2c1c(NS(=O)(=O)c1ccc(Cl)s1)nn2Cc1cccc(CN(CC(C)CN)C(=O)C(F)(F)F)c1. The molecule has 41 heavy (non-hydrogen) atoms. The Morgan fingerprint density at radius 3 is 2.54 bits per heavy atom. The van der Waals surface area contributed by atoms with Crippen LogP contribution in [0, 0.1) is 5.92 Å². The van der Waals surface area contributed by atoms with Crippen molar-refractivity contribution in [1.29, 1.82) is 0 Å². The topological polar surface area (TPSA) is 120 Å². The highest BCUT2D eigenvalue weighted by Gasteiger charge is 2.42. The molecule has 0 fully saturated rings. The summed E-state index contributed by atoms with van der Waals surface area (Å²) in [4.78, 5) is 12.8. The summed E-state index contributed by atoms with van der Waals surface area (Å²) < 4.78 is 75.7. The van der Waals surface area contributed by atoms with E-state index in [4.69, 9.17) is 22.1 Å². The van der Waals surface area contributed by atoms with Gasteiger partial charge in [-0.25, -0.2) is 8.42 Å². The highest BCUT2D eigenvalue weighted by molar-refractivity contribution is 7.94. The highest BCUT2D eigenvalue weighted by Crippen LogP contribution is 2.35. The second-order valence-corrected chi connectivity index (χ2v) is 13.0. The molecular formula is C26H27ClF3N5O4S2. The van der Waals surface area contributed by atoms with Crippen LogP contribution in [0.2, 0.25) is 4.34 Å². The molecule has 0 spiro atoms. The quantitative estimate of drug-likeness (QED) is 0.238. The van der Waals surface area contributed by atoms with E-state index in [-0.39, 0.29) is 42.1 Å². The van der Waals surface area contributed by atoms with Crippen LogP contribution in [0.1, 0.15) is 18.1 Å². The lowest BCUT2D eigenvalue weighted by atomic mass is 10.1. The number of anilines is 1. The summed E-state index contributed by atoms with van der Waals surface area (Å²) in [6.07, 6.45) is -5.02. The first kappa shape index (κ1) is 30.6. The first-order valence-electron chi connectivity index (χ1n) is 12.3. The van der Waals surface area contributed by atoms with Gasteiger partial charge in [0.25, 0.3) is 10.0 Å². The fourth-order valence-corrected chi connectivity index (χ4v) is 6.74. The summed E-state index contributed by atoms with van der Waals surface area (Å²) in [6.45, 7) is 1.53. The zero-order valence-corrected chi connectivity index (χ0v) is 24.4. The number of aromatic nitrogens is 2. The molecule has 15 heteroatoms. The number of rotatable bonds is 11. The Labute approximate surface area is 243 Å². The molecule has 1 amide bonds. The molecule has 0 saturated carbocycles. The number of carbonyl (C=O) groups is 1. The second-order valence-electron chi connectivity index (χ2n) is 9.37. The molecule has 2 aromatic heterocycles. The number of amides is 1. The molecule has 1 atom stereocenters. The van der Waals surface area contributed by atoms with Gasteiger partial charge in [-0.05, 0) is 47.9 Å². The van der Waals surface area contributed by atoms with Crippen molar-refractivity contribution in [1.82, 2.24) is 14.7 Å². The minimum Gasteiger partial charge on any atom is -0.496 e. The summed E-state index contributed by atoms with van der Waals surface area (Å²) in [6, 6.07) is 14.7. The molecule has 1 unspecified atom stereocenters. The zero-order chi connectivity index (χ0) is 29.9. The number of hydrogen-bond donors (Lipinski definition) is 2.